The van der Waals surface area contributed by atoms with Crippen molar-refractivity contribution < 1.29 is 4.92 Å². The number of aromatic nitrogens is 1. The van der Waals surface area contributed by atoms with E-state index in [4.69, 9.17) is 0 Å². The van der Waals surface area contributed by atoms with Gasteiger partial charge in [0.1, 0.15) is 11.9 Å². The van der Waals surface area contributed by atoms with Crippen LogP contribution in [0.4, 0.5) is 11.5 Å². The van der Waals surface area contributed by atoms with Crippen LogP contribution in [0.1, 0.15) is 5.56 Å². The van der Waals surface area contributed by atoms with Crippen LogP contribution in [-0.2, 0) is 6.54 Å². The molecule has 0 bridgehead atoms. The van der Waals surface area contributed by atoms with Gasteiger partial charge in [-0.3, -0.25) is 4.90 Å². The van der Waals surface area contributed by atoms with Crippen LogP contribution >= 0.6 is 0 Å². The quantitative estimate of drug-likeness (QED) is 0.640. The molecule has 1 aromatic heterocycles. The third-order valence-electron chi connectivity index (χ3n) is 3.90. The number of hydrogen-bond acceptors (Lipinski definition) is 5. The van der Waals surface area contributed by atoms with Gasteiger partial charge in [-0.1, -0.05) is 30.3 Å². The van der Waals surface area contributed by atoms with Crippen molar-refractivity contribution in [2.75, 3.05) is 31.1 Å². The summed E-state index contributed by atoms with van der Waals surface area (Å²) in [7, 11) is 0. The Morgan fingerprint density at radius 1 is 1.05 bits per heavy atom. The number of piperazine rings is 1. The minimum atomic E-state index is -0.411. The summed E-state index contributed by atoms with van der Waals surface area (Å²) in [5.41, 5.74) is 1.91. The van der Waals surface area contributed by atoms with Gasteiger partial charge >= 0.3 is 5.82 Å². The Hall–Kier alpha value is -2.47. The van der Waals surface area contributed by atoms with Crippen molar-refractivity contribution in [3.63, 3.8) is 0 Å². The van der Waals surface area contributed by atoms with Gasteiger partial charge in [0.25, 0.3) is 0 Å². The number of rotatable bonds is 4. The molecule has 0 spiro atoms. The fourth-order valence-corrected chi connectivity index (χ4v) is 2.76. The van der Waals surface area contributed by atoms with Crippen molar-refractivity contribution in [3.8, 4) is 0 Å². The van der Waals surface area contributed by atoms with Gasteiger partial charge in [-0.15, -0.1) is 0 Å². The van der Waals surface area contributed by atoms with Crippen LogP contribution in [0.2, 0.25) is 0 Å². The molecular formula is C16H18N4O2. The molecule has 0 radical (unpaired) electrons. The highest BCUT2D eigenvalue weighted by molar-refractivity contribution is 5.59. The summed E-state index contributed by atoms with van der Waals surface area (Å²) < 4.78 is 0. The van der Waals surface area contributed by atoms with E-state index in [1.54, 1.807) is 12.1 Å². The van der Waals surface area contributed by atoms with Crippen LogP contribution in [0, 0.1) is 10.1 Å². The Morgan fingerprint density at radius 2 is 1.77 bits per heavy atom. The van der Waals surface area contributed by atoms with E-state index in [9.17, 15) is 10.1 Å². The Balaban J connectivity index is 1.64. The maximum atomic E-state index is 11.1. The summed E-state index contributed by atoms with van der Waals surface area (Å²) in [6.07, 6.45) is 1.47. The molecule has 0 aliphatic carbocycles. The Morgan fingerprint density at radius 3 is 2.45 bits per heavy atom. The molecule has 1 aromatic carbocycles. The molecule has 114 valence electrons. The molecular weight excluding hydrogens is 280 g/mol. The molecule has 1 aliphatic heterocycles. The van der Waals surface area contributed by atoms with Crippen LogP contribution in [0.25, 0.3) is 0 Å². The Bertz CT molecular complexity index is 640. The zero-order chi connectivity index (χ0) is 15.4. The fourth-order valence-electron chi connectivity index (χ4n) is 2.76. The highest BCUT2D eigenvalue weighted by Crippen LogP contribution is 2.26. The Labute approximate surface area is 129 Å². The number of benzene rings is 1. The first-order chi connectivity index (χ1) is 10.7. The zero-order valence-corrected chi connectivity index (χ0v) is 12.3. The molecule has 2 aromatic rings. The molecule has 1 aliphatic rings. The fraction of sp³-hybridized carbons (Fsp3) is 0.312. The number of pyridine rings is 1. The van der Waals surface area contributed by atoms with Gasteiger partial charge in [-0.2, -0.15) is 0 Å². The maximum Gasteiger partial charge on any atom is 0.387 e. The van der Waals surface area contributed by atoms with Crippen LogP contribution < -0.4 is 4.90 Å². The minimum Gasteiger partial charge on any atom is -0.362 e. The SMILES string of the molecule is O=[N+]([O-])c1ncccc1N1CCN(Cc2ccccc2)CC1. The molecule has 1 fully saturated rings. The molecule has 0 amide bonds. The van der Waals surface area contributed by atoms with Crippen molar-refractivity contribution in [2.45, 2.75) is 6.54 Å². The van der Waals surface area contributed by atoms with Crippen molar-refractivity contribution in [2.24, 2.45) is 0 Å². The van der Waals surface area contributed by atoms with E-state index in [1.165, 1.54) is 11.8 Å². The lowest BCUT2D eigenvalue weighted by atomic mass is 10.2. The van der Waals surface area contributed by atoms with E-state index in [0.29, 0.717) is 5.69 Å². The van der Waals surface area contributed by atoms with Crippen LogP contribution in [0.5, 0.6) is 0 Å². The highest BCUT2D eigenvalue weighted by Gasteiger charge is 2.24. The molecule has 6 heteroatoms. The van der Waals surface area contributed by atoms with E-state index < -0.39 is 4.92 Å². The molecule has 2 heterocycles. The normalized spacial score (nSPS) is 15.7. The second-order valence-corrected chi connectivity index (χ2v) is 5.35. The van der Waals surface area contributed by atoms with Gasteiger partial charge in [0.05, 0.1) is 0 Å². The summed E-state index contributed by atoms with van der Waals surface area (Å²) in [5.74, 6) is -0.0565. The van der Waals surface area contributed by atoms with E-state index >= 15 is 0 Å². The molecule has 22 heavy (non-hydrogen) atoms. The number of anilines is 1. The predicted octanol–water partition coefficient (Wildman–Crippen LogP) is 2.31. The average molecular weight is 298 g/mol. The van der Waals surface area contributed by atoms with Crippen LogP contribution in [-0.4, -0.2) is 41.0 Å². The first kappa shape index (κ1) is 14.5. The van der Waals surface area contributed by atoms with E-state index in [2.05, 4.69) is 22.0 Å². The summed E-state index contributed by atoms with van der Waals surface area (Å²) in [6, 6.07) is 13.9. The van der Waals surface area contributed by atoms with Crippen molar-refractivity contribution in [1.82, 2.24) is 9.88 Å². The van der Waals surface area contributed by atoms with Gasteiger partial charge in [-0.25, -0.2) is 0 Å². The van der Waals surface area contributed by atoms with Crippen molar-refractivity contribution in [1.29, 1.82) is 0 Å². The summed E-state index contributed by atoms with van der Waals surface area (Å²) >= 11 is 0. The highest BCUT2D eigenvalue weighted by atomic mass is 16.6. The van der Waals surface area contributed by atoms with Crippen LogP contribution in [0.15, 0.2) is 48.7 Å². The van der Waals surface area contributed by atoms with Crippen molar-refractivity contribution in [3.05, 3.63) is 64.3 Å². The Kier molecular flexibility index (Phi) is 4.29. The largest absolute Gasteiger partial charge is 0.387 e. The zero-order valence-electron chi connectivity index (χ0n) is 12.3. The molecule has 3 rings (SSSR count). The predicted molar refractivity (Wildman–Crippen MR) is 84.8 cm³/mol. The second-order valence-electron chi connectivity index (χ2n) is 5.35. The first-order valence-corrected chi connectivity index (χ1v) is 7.34. The lowest BCUT2D eigenvalue weighted by Crippen LogP contribution is -2.46. The van der Waals surface area contributed by atoms with Gasteiger partial charge in [0.15, 0.2) is 0 Å². The molecule has 0 saturated carbocycles. The topological polar surface area (TPSA) is 62.5 Å². The smallest absolute Gasteiger partial charge is 0.362 e. The summed E-state index contributed by atoms with van der Waals surface area (Å²) in [5, 5.41) is 11.1. The first-order valence-electron chi connectivity index (χ1n) is 7.34. The molecule has 6 nitrogen and oxygen atoms in total. The van der Waals surface area contributed by atoms with Crippen molar-refractivity contribution >= 4 is 11.5 Å². The number of nitrogens with zero attached hydrogens (tertiary/aromatic N) is 4. The lowest BCUT2D eigenvalue weighted by molar-refractivity contribution is -0.388. The lowest BCUT2D eigenvalue weighted by Gasteiger charge is -2.35. The van der Waals surface area contributed by atoms with E-state index in [0.717, 1.165) is 32.7 Å². The maximum absolute atomic E-state index is 11.1. The summed E-state index contributed by atoms with van der Waals surface area (Å²) in [4.78, 5) is 19.0. The standard InChI is InChI=1S/C16H18N4O2/c21-20(22)16-15(7-4-8-17-16)19-11-9-18(10-12-19)13-14-5-2-1-3-6-14/h1-8H,9-13H2. The molecule has 0 unspecified atom stereocenters. The van der Waals surface area contributed by atoms with E-state index in [1.807, 2.05) is 23.1 Å². The second kappa shape index (κ2) is 6.53. The van der Waals surface area contributed by atoms with Gasteiger partial charge in [0.2, 0.25) is 0 Å². The molecule has 0 atom stereocenters. The van der Waals surface area contributed by atoms with Gasteiger partial charge in [0, 0.05) is 32.7 Å². The molecule has 0 N–H and O–H groups in total. The number of hydrogen-bond donors (Lipinski definition) is 0. The number of nitro groups is 1. The third kappa shape index (κ3) is 3.23. The van der Waals surface area contributed by atoms with Crippen LogP contribution in [0.3, 0.4) is 0 Å². The van der Waals surface area contributed by atoms with Gasteiger partial charge < -0.3 is 15.0 Å². The average Bonchev–Trinajstić information content (AvgIpc) is 2.56. The third-order valence-corrected chi connectivity index (χ3v) is 3.90. The minimum absolute atomic E-state index is 0.0565. The monoisotopic (exact) mass is 298 g/mol. The summed E-state index contributed by atoms with van der Waals surface area (Å²) in [6.45, 7) is 4.25. The van der Waals surface area contributed by atoms with Gasteiger partial charge in [-0.05, 0) is 27.6 Å². The molecule has 1 saturated heterocycles. The van der Waals surface area contributed by atoms with E-state index in [-0.39, 0.29) is 5.82 Å².